The first-order valence-electron chi connectivity index (χ1n) is 8.88. The molecule has 1 fully saturated rings. The number of esters is 1. The molecule has 2 amide bonds. The van der Waals surface area contributed by atoms with Gasteiger partial charge in [-0.05, 0) is 12.8 Å². The van der Waals surface area contributed by atoms with E-state index in [1.54, 1.807) is 6.33 Å². The highest BCUT2D eigenvalue weighted by Gasteiger charge is 2.26. The summed E-state index contributed by atoms with van der Waals surface area (Å²) >= 11 is 0. The molecule has 11 heteroatoms. The van der Waals surface area contributed by atoms with Crippen LogP contribution in [-0.4, -0.2) is 56.6 Å². The molecule has 0 unspecified atom stereocenters. The van der Waals surface area contributed by atoms with E-state index in [-0.39, 0.29) is 48.3 Å². The molecule has 2 N–H and O–H groups in total. The van der Waals surface area contributed by atoms with E-state index >= 15 is 0 Å². The number of carbonyl (C=O) groups is 3. The van der Waals surface area contributed by atoms with Gasteiger partial charge >= 0.3 is 5.97 Å². The van der Waals surface area contributed by atoms with Crippen LogP contribution in [0.5, 0.6) is 0 Å². The van der Waals surface area contributed by atoms with Crippen molar-refractivity contribution in [3.8, 4) is 0 Å². The molecule has 11 nitrogen and oxygen atoms in total. The van der Waals surface area contributed by atoms with Crippen LogP contribution in [0.15, 0.2) is 6.33 Å². The Bertz CT molecular complexity index is 903. The summed E-state index contributed by atoms with van der Waals surface area (Å²) in [5.41, 5.74) is 0.904. The molecule has 28 heavy (non-hydrogen) atoms. The van der Waals surface area contributed by atoms with Crippen LogP contribution in [0.2, 0.25) is 0 Å². The molecule has 2 aromatic rings. The summed E-state index contributed by atoms with van der Waals surface area (Å²) in [5, 5.41) is 5.15. The lowest BCUT2D eigenvalue weighted by Crippen LogP contribution is -2.31. The van der Waals surface area contributed by atoms with Crippen molar-refractivity contribution >= 4 is 40.7 Å². The zero-order valence-electron chi connectivity index (χ0n) is 15.9. The van der Waals surface area contributed by atoms with E-state index in [4.69, 9.17) is 9.47 Å². The van der Waals surface area contributed by atoms with E-state index in [1.165, 1.54) is 20.8 Å². The number of carbonyl (C=O) groups excluding carboxylic acids is 3. The number of rotatable bonds is 5. The Morgan fingerprint density at radius 2 is 1.93 bits per heavy atom. The smallest absolute Gasteiger partial charge is 0.302 e. The van der Waals surface area contributed by atoms with Crippen LogP contribution < -0.4 is 10.6 Å². The van der Waals surface area contributed by atoms with Crippen molar-refractivity contribution < 1.29 is 23.9 Å². The number of amides is 2. The maximum absolute atomic E-state index is 11.5. The van der Waals surface area contributed by atoms with Crippen LogP contribution in [0.3, 0.4) is 0 Å². The summed E-state index contributed by atoms with van der Waals surface area (Å²) < 4.78 is 12.6. The highest BCUT2D eigenvalue weighted by molar-refractivity contribution is 5.97. The van der Waals surface area contributed by atoms with Gasteiger partial charge in [-0.25, -0.2) is 4.98 Å². The van der Waals surface area contributed by atoms with Gasteiger partial charge in [0.05, 0.1) is 25.1 Å². The molecule has 3 heterocycles. The summed E-state index contributed by atoms with van der Waals surface area (Å²) in [4.78, 5) is 46.7. The summed E-state index contributed by atoms with van der Waals surface area (Å²) in [6.07, 6.45) is 2.95. The molecule has 1 aliphatic rings. The number of hydrogen-bond donors (Lipinski definition) is 2. The minimum absolute atomic E-state index is 0.0381. The van der Waals surface area contributed by atoms with Gasteiger partial charge in [-0.1, -0.05) is 0 Å². The Labute approximate surface area is 160 Å². The lowest BCUT2D eigenvalue weighted by Gasteiger charge is -2.29. The molecule has 2 aromatic heterocycles. The van der Waals surface area contributed by atoms with Gasteiger partial charge in [-0.2, -0.15) is 9.97 Å². The molecule has 3 rings (SSSR count). The van der Waals surface area contributed by atoms with Gasteiger partial charge in [0, 0.05) is 20.8 Å². The van der Waals surface area contributed by atoms with Crippen LogP contribution in [0, 0.1) is 0 Å². The van der Waals surface area contributed by atoms with Crippen LogP contribution in [0.4, 0.5) is 11.8 Å². The summed E-state index contributed by atoms with van der Waals surface area (Å²) in [7, 11) is 0. The highest BCUT2D eigenvalue weighted by atomic mass is 16.6. The standard InChI is InChI=1S/C17H22N6O5/c1-9(24)19-15-14-16(22-17(21-15)20-10(2)25)23(8-18-14)12-4-5-13(28-6-12)7-27-11(3)26/h8,12-13H,4-7H2,1-3H3,(H2,19,20,21,22,24,25)/t12-,13-/m0/s1. The number of anilines is 2. The van der Waals surface area contributed by atoms with Crippen molar-refractivity contribution in [3.63, 3.8) is 0 Å². The fraction of sp³-hybridized carbons (Fsp3) is 0.529. The van der Waals surface area contributed by atoms with E-state index in [1.807, 2.05) is 4.57 Å². The van der Waals surface area contributed by atoms with Crippen LogP contribution in [0.25, 0.3) is 11.2 Å². The average Bonchev–Trinajstić information content (AvgIpc) is 3.03. The lowest BCUT2D eigenvalue weighted by atomic mass is 10.1. The first-order chi connectivity index (χ1) is 13.3. The molecule has 0 aliphatic carbocycles. The zero-order valence-corrected chi connectivity index (χ0v) is 15.9. The molecular formula is C17H22N6O5. The van der Waals surface area contributed by atoms with Crippen LogP contribution in [0.1, 0.15) is 39.7 Å². The SMILES string of the molecule is CC(=O)Nc1nc(NC(C)=O)c2ncn([C@H]3CC[C@@H](COC(C)=O)OC3)c2n1. The van der Waals surface area contributed by atoms with E-state index in [0.29, 0.717) is 24.2 Å². The van der Waals surface area contributed by atoms with Gasteiger partial charge < -0.3 is 19.4 Å². The molecule has 0 aromatic carbocycles. The monoisotopic (exact) mass is 390 g/mol. The minimum Gasteiger partial charge on any atom is -0.463 e. The van der Waals surface area contributed by atoms with Crippen molar-refractivity contribution in [2.24, 2.45) is 0 Å². The van der Waals surface area contributed by atoms with E-state index in [2.05, 4.69) is 25.6 Å². The molecule has 2 atom stereocenters. The van der Waals surface area contributed by atoms with E-state index < -0.39 is 0 Å². The van der Waals surface area contributed by atoms with Gasteiger partial charge in [-0.15, -0.1) is 0 Å². The third-order valence-electron chi connectivity index (χ3n) is 4.22. The Morgan fingerprint density at radius 3 is 2.54 bits per heavy atom. The molecular weight excluding hydrogens is 368 g/mol. The largest absolute Gasteiger partial charge is 0.463 e. The van der Waals surface area contributed by atoms with Crippen molar-refractivity contribution in [1.82, 2.24) is 19.5 Å². The number of nitrogens with zero attached hydrogens (tertiary/aromatic N) is 4. The minimum atomic E-state index is -0.334. The molecule has 0 spiro atoms. The Morgan fingerprint density at radius 1 is 1.18 bits per heavy atom. The predicted octanol–water partition coefficient (Wildman–Crippen LogP) is 1.03. The lowest BCUT2D eigenvalue weighted by molar-refractivity contribution is -0.147. The number of ether oxygens (including phenoxy) is 2. The van der Waals surface area contributed by atoms with Crippen LogP contribution >= 0.6 is 0 Å². The van der Waals surface area contributed by atoms with Gasteiger partial charge in [-0.3, -0.25) is 19.7 Å². The molecule has 0 radical (unpaired) electrons. The number of fused-ring (bicyclic) bond motifs is 1. The van der Waals surface area contributed by atoms with Gasteiger partial charge in [0.2, 0.25) is 17.8 Å². The number of nitrogens with one attached hydrogen (secondary N) is 2. The zero-order chi connectivity index (χ0) is 20.3. The van der Waals surface area contributed by atoms with Crippen molar-refractivity contribution in [2.45, 2.75) is 45.8 Å². The second-order valence-electron chi connectivity index (χ2n) is 6.57. The topological polar surface area (TPSA) is 137 Å². The van der Waals surface area contributed by atoms with Crippen molar-refractivity contribution in [3.05, 3.63) is 6.33 Å². The number of aromatic nitrogens is 4. The average molecular weight is 390 g/mol. The Balaban J connectivity index is 1.85. The molecule has 0 saturated carbocycles. The fourth-order valence-electron chi connectivity index (χ4n) is 3.00. The maximum atomic E-state index is 11.5. The van der Waals surface area contributed by atoms with Crippen molar-refractivity contribution in [2.75, 3.05) is 23.8 Å². The second-order valence-corrected chi connectivity index (χ2v) is 6.57. The highest BCUT2D eigenvalue weighted by Crippen LogP contribution is 2.29. The summed E-state index contributed by atoms with van der Waals surface area (Å²) in [6.45, 7) is 4.70. The van der Waals surface area contributed by atoms with Crippen LogP contribution in [-0.2, 0) is 23.9 Å². The number of hydrogen-bond acceptors (Lipinski definition) is 8. The van der Waals surface area contributed by atoms with Crippen molar-refractivity contribution in [1.29, 1.82) is 0 Å². The second kappa shape index (κ2) is 8.30. The Hall–Kier alpha value is -3.08. The van der Waals surface area contributed by atoms with Gasteiger partial charge in [0.1, 0.15) is 6.61 Å². The predicted molar refractivity (Wildman–Crippen MR) is 98.6 cm³/mol. The third-order valence-corrected chi connectivity index (χ3v) is 4.22. The van der Waals surface area contributed by atoms with Gasteiger partial charge in [0.15, 0.2) is 17.0 Å². The quantitative estimate of drug-likeness (QED) is 0.722. The van der Waals surface area contributed by atoms with E-state index in [0.717, 1.165) is 6.42 Å². The molecule has 1 saturated heterocycles. The summed E-state index contributed by atoms with van der Waals surface area (Å²) in [5.74, 6) is -0.662. The molecule has 150 valence electrons. The first-order valence-corrected chi connectivity index (χ1v) is 8.88. The normalized spacial score (nSPS) is 19.2. The van der Waals surface area contributed by atoms with E-state index in [9.17, 15) is 14.4 Å². The molecule has 1 aliphatic heterocycles. The first kappa shape index (κ1) is 19.7. The fourth-order valence-corrected chi connectivity index (χ4v) is 3.00. The number of imidazole rings is 1. The third kappa shape index (κ3) is 4.60. The summed E-state index contributed by atoms with van der Waals surface area (Å²) in [6, 6.07) is -0.0381. The Kier molecular flexibility index (Phi) is 5.83. The molecule has 0 bridgehead atoms. The van der Waals surface area contributed by atoms with Gasteiger partial charge in [0.25, 0.3) is 0 Å². The maximum Gasteiger partial charge on any atom is 0.302 e.